The van der Waals surface area contributed by atoms with E-state index in [-0.39, 0.29) is 36.4 Å². The van der Waals surface area contributed by atoms with Crippen LogP contribution in [0.1, 0.15) is 31.2 Å². The third-order valence-electron chi connectivity index (χ3n) is 4.02. The second kappa shape index (κ2) is 7.29. The smallest absolute Gasteiger partial charge is 0.306 e. The van der Waals surface area contributed by atoms with Crippen molar-refractivity contribution in [1.82, 2.24) is 10.3 Å². The van der Waals surface area contributed by atoms with Crippen LogP contribution in [0.2, 0.25) is 0 Å². The number of benzene rings is 1. The number of aromatic nitrogens is 1. The van der Waals surface area contributed by atoms with E-state index in [0.29, 0.717) is 18.5 Å². The summed E-state index contributed by atoms with van der Waals surface area (Å²) in [4.78, 5) is 37.9. The van der Waals surface area contributed by atoms with Gasteiger partial charge in [0, 0.05) is 24.4 Å². The van der Waals surface area contributed by atoms with Gasteiger partial charge in [0.15, 0.2) is 0 Å². The fourth-order valence-electron chi connectivity index (χ4n) is 2.46. The van der Waals surface area contributed by atoms with E-state index < -0.39 is 0 Å². The maximum absolute atomic E-state index is 12.0. The van der Waals surface area contributed by atoms with Crippen molar-refractivity contribution in [2.24, 2.45) is 5.92 Å². The number of carbonyl (C=O) groups is 2. The molecule has 1 heterocycles. The fourth-order valence-corrected chi connectivity index (χ4v) is 2.46. The van der Waals surface area contributed by atoms with Gasteiger partial charge in [0.2, 0.25) is 5.91 Å². The largest absolute Gasteiger partial charge is 0.461 e. The molecule has 2 N–H and O–H groups in total. The molecule has 1 amide bonds. The van der Waals surface area contributed by atoms with E-state index in [1.54, 1.807) is 6.07 Å². The molecule has 6 heteroatoms. The topological polar surface area (TPSA) is 88.3 Å². The Labute approximate surface area is 139 Å². The van der Waals surface area contributed by atoms with Gasteiger partial charge in [-0.3, -0.25) is 14.4 Å². The van der Waals surface area contributed by atoms with E-state index in [4.69, 9.17) is 4.74 Å². The first-order valence-electron chi connectivity index (χ1n) is 8.18. The highest BCUT2D eigenvalue weighted by molar-refractivity contribution is 5.81. The van der Waals surface area contributed by atoms with E-state index in [1.165, 1.54) is 0 Å². The minimum absolute atomic E-state index is 0.0482. The number of hydrogen-bond donors (Lipinski definition) is 2. The number of ether oxygens (including phenoxy) is 1. The van der Waals surface area contributed by atoms with Gasteiger partial charge < -0.3 is 15.0 Å². The number of esters is 1. The zero-order valence-corrected chi connectivity index (χ0v) is 13.3. The Morgan fingerprint density at radius 2 is 2.04 bits per heavy atom. The van der Waals surface area contributed by atoms with Crippen LogP contribution in [-0.2, 0) is 20.9 Å². The second-order valence-electron chi connectivity index (χ2n) is 6.04. The van der Waals surface area contributed by atoms with Crippen LogP contribution in [0.3, 0.4) is 0 Å². The monoisotopic (exact) mass is 328 g/mol. The number of hydrogen-bond acceptors (Lipinski definition) is 4. The van der Waals surface area contributed by atoms with E-state index in [0.717, 1.165) is 23.7 Å². The number of carbonyl (C=O) groups excluding carboxylic acids is 2. The molecule has 0 radical (unpaired) electrons. The lowest BCUT2D eigenvalue weighted by atomic mass is 10.1. The van der Waals surface area contributed by atoms with Crippen molar-refractivity contribution in [1.29, 1.82) is 0 Å². The molecule has 24 heavy (non-hydrogen) atoms. The molecule has 6 nitrogen and oxygen atoms in total. The third-order valence-corrected chi connectivity index (χ3v) is 4.02. The first-order chi connectivity index (χ1) is 11.6. The molecule has 0 unspecified atom stereocenters. The van der Waals surface area contributed by atoms with Crippen LogP contribution in [-0.4, -0.2) is 23.4 Å². The highest BCUT2D eigenvalue weighted by Crippen LogP contribution is 2.28. The molecule has 0 saturated heterocycles. The van der Waals surface area contributed by atoms with E-state index in [9.17, 15) is 14.4 Å². The van der Waals surface area contributed by atoms with Gasteiger partial charge in [-0.05, 0) is 36.8 Å². The number of H-pyrrole nitrogens is 1. The predicted octanol–water partition coefficient (Wildman–Crippen LogP) is 1.88. The average molecular weight is 328 g/mol. The van der Waals surface area contributed by atoms with Crippen LogP contribution in [0.5, 0.6) is 0 Å². The minimum Gasteiger partial charge on any atom is -0.461 e. The lowest BCUT2D eigenvalue weighted by Gasteiger charge is -2.06. The van der Waals surface area contributed by atoms with E-state index in [1.807, 2.05) is 24.3 Å². The molecule has 0 spiro atoms. The summed E-state index contributed by atoms with van der Waals surface area (Å²) in [6.45, 7) is 0.425. The van der Waals surface area contributed by atoms with Crippen LogP contribution in [0.15, 0.2) is 35.1 Å². The molecule has 1 aliphatic rings. The summed E-state index contributed by atoms with van der Waals surface area (Å²) in [6, 6.07) is 9.17. The van der Waals surface area contributed by atoms with E-state index in [2.05, 4.69) is 10.3 Å². The first-order valence-corrected chi connectivity index (χ1v) is 8.18. The molecule has 126 valence electrons. The summed E-state index contributed by atoms with van der Waals surface area (Å²) in [7, 11) is 0. The highest BCUT2D eigenvalue weighted by Gasteiger charge is 2.28. The Kier molecular flexibility index (Phi) is 4.93. The van der Waals surface area contributed by atoms with Gasteiger partial charge >= 0.3 is 5.97 Å². The van der Waals surface area contributed by atoms with Crippen LogP contribution in [0.25, 0.3) is 10.9 Å². The standard InChI is InChI=1S/C18H20N2O4/c21-16(6-3-9-19-17(22)12-7-8-12)24-11-14-10-13-4-1-2-5-15(13)20-18(14)23/h1-2,4-5,10,12H,3,6-9,11H2,(H,19,22)(H,20,23). The summed E-state index contributed by atoms with van der Waals surface area (Å²) in [5.74, 6) is -0.120. The zero-order chi connectivity index (χ0) is 16.9. The summed E-state index contributed by atoms with van der Waals surface area (Å²) in [5, 5.41) is 3.70. The maximum atomic E-state index is 12.0. The number of rotatable bonds is 7. The Morgan fingerprint density at radius 3 is 2.83 bits per heavy atom. The Bertz CT molecular complexity index is 808. The maximum Gasteiger partial charge on any atom is 0.306 e. The lowest BCUT2D eigenvalue weighted by Crippen LogP contribution is -2.26. The molecule has 0 atom stereocenters. The molecule has 1 aromatic carbocycles. The molecule has 1 saturated carbocycles. The molecule has 2 aromatic rings. The van der Waals surface area contributed by atoms with Crippen molar-refractivity contribution in [3.05, 3.63) is 46.2 Å². The van der Waals surface area contributed by atoms with Crippen LogP contribution in [0.4, 0.5) is 0 Å². The molecular weight excluding hydrogens is 308 g/mol. The van der Waals surface area contributed by atoms with Crippen molar-refractivity contribution < 1.29 is 14.3 Å². The molecule has 0 bridgehead atoms. The van der Waals surface area contributed by atoms with Crippen LogP contribution in [0, 0.1) is 5.92 Å². The summed E-state index contributed by atoms with van der Waals surface area (Å²) in [6.07, 6.45) is 2.68. The quantitative estimate of drug-likeness (QED) is 0.600. The van der Waals surface area contributed by atoms with Crippen molar-refractivity contribution >= 4 is 22.8 Å². The number of amides is 1. The number of nitrogens with one attached hydrogen (secondary N) is 2. The van der Waals surface area contributed by atoms with Crippen molar-refractivity contribution in [2.75, 3.05) is 6.54 Å². The first kappa shape index (κ1) is 16.2. The highest BCUT2D eigenvalue weighted by atomic mass is 16.5. The van der Waals surface area contributed by atoms with Crippen molar-refractivity contribution in [3.8, 4) is 0 Å². The fraction of sp³-hybridized carbons (Fsp3) is 0.389. The van der Waals surface area contributed by atoms with Gasteiger partial charge in [0.25, 0.3) is 5.56 Å². The molecule has 1 fully saturated rings. The molecule has 1 aromatic heterocycles. The summed E-state index contributed by atoms with van der Waals surface area (Å²) in [5.41, 5.74) is 0.922. The van der Waals surface area contributed by atoms with Gasteiger partial charge in [-0.25, -0.2) is 0 Å². The zero-order valence-electron chi connectivity index (χ0n) is 13.3. The summed E-state index contributed by atoms with van der Waals surface area (Å²) < 4.78 is 5.15. The molecule has 1 aliphatic carbocycles. The van der Waals surface area contributed by atoms with Gasteiger partial charge in [-0.1, -0.05) is 18.2 Å². The Morgan fingerprint density at radius 1 is 1.25 bits per heavy atom. The van der Waals surface area contributed by atoms with Gasteiger partial charge in [-0.15, -0.1) is 0 Å². The number of para-hydroxylation sites is 1. The number of aromatic amines is 1. The van der Waals surface area contributed by atoms with Crippen molar-refractivity contribution in [3.63, 3.8) is 0 Å². The predicted molar refractivity (Wildman–Crippen MR) is 89.3 cm³/mol. The normalized spacial score (nSPS) is 13.7. The van der Waals surface area contributed by atoms with Gasteiger partial charge in [0.1, 0.15) is 6.61 Å². The number of pyridine rings is 1. The Balaban J connectivity index is 1.44. The second-order valence-corrected chi connectivity index (χ2v) is 6.04. The Hall–Kier alpha value is -2.63. The van der Waals surface area contributed by atoms with Gasteiger partial charge in [0.05, 0.1) is 5.56 Å². The molecular formula is C18H20N2O4. The average Bonchev–Trinajstić information content (AvgIpc) is 3.41. The SMILES string of the molecule is O=C(CCCNC(=O)C1CC1)OCc1cc2ccccc2[nH]c1=O. The van der Waals surface area contributed by atoms with Crippen LogP contribution < -0.4 is 10.9 Å². The van der Waals surface area contributed by atoms with Crippen molar-refractivity contribution in [2.45, 2.75) is 32.3 Å². The van der Waals surface area contributed by atoms with Gasteiger partial charge in [-0.2, -0.15) is 0 Å². The lowest BCUT2D eigenvalue weighted by molar-refractivity contribution is -0.145. The number of fused-ring (bicyclic) bond motifs is 1. The minimum atomic E-state index is -0.372. The molecule has 3 rings (SSSR count). The third kappa shape index (κ3) is 4.22. The molecule has 0 aliphatic heterocycles. The summed E-state index contributed by atoms with van der Waals surface area (Å²) >= 11 is 0. The van der Waals surface area contributed by atoms with Crippen LogP contribution >= 0.6 is 0 Å². The van der Waals surface area contributed by atoms with E-state index >= 15 is 0 Å².